The summed E-state index contributed by atoms with van der Waals surface area (Å²) in [6.07, 6.45) is 0.508. The number of hydrogen-bond acceptors (Lipinski definition) is 7. The van der Waals surface area contributed by atoms with Gasteiger partial charge in [0.15, 0.2) is 5.78 Å². The molecule has 0 unspecified atom stereocenters. The topological polar surface area (TPSA) is 113 Å². The summed E-state index contributed by atoms with van der Waals surface area (Å²) in [7, 11) is 0. The van der Waals surface area contributed by atoms with E-state index in [2.05, 4.69) is 4.90 Å². The molecule has 2 aromatic rings. The Morgan fingerprint density at radius 2 is 1.75 bits per heavy atom. The molecule has 0 saturated carbocycles. The molecule has 4 atom stereocenters. The van der Waals surface area contributed by atoms with Gasteiger partial charge in [0.05, 0.1) is 23.7 Å². The molecule has 1 amide bonds. The van der Waals surface area contributed by atoms with Crippen molar-refractivity contribution >= 4 is 23.1 Å². The molecule has 9 heteroatoms. The van der Waals surface area contributed by atoms with Crippen LogP contribution < -0.4 is 4.90 Å². The highest BCUT2D eigenvalue weighted by Crippen LogP contribution is 2.43. The number of rotatable bonds is 5. The second-order valence-electron chi connectivity index (χ2n) is 8.38. The summed E-state index contributed by atoms with van der Waals surface area (Å²) < 4.78 is 5.65. The number of fused-ring (bicyclic) bond motifs is 1. The number of anilines is 1. The number of ketones is 1. The zero-order valence-corrected chi connectivity index (χ0v) is 17.3. The third-order valence-electron chi connectivity index (χ3n) is 6.56. The fourth-order valence-electron chi connectivity index (χ4n) is 4.98. The van der Waals surface area contributed by atoms with Crippen LogP contribution in [0.4, 0.5) is 11.4 Å². The molecule has 0 aliphatic carbocycles. The minimum absolute atomic E-state index is 0.000870. The Kier molecular flexibility index (Phi) is 5.24. The molecule has 3 fully saturated rings. The molecule has 0 radical (unpaired) electrons. The van der Waals surface area contributed by atoms with E-state index in [1.165, 1.54) is 12.1 Å². The lowest BCUT2D eigenvalue weighted by Gasteiger charge is -2.30. The third kappa shape index (κ3) is 3.38. The number of non-ortho nitro benzene ring substituents is 1. The molecule has 1 N–H and O–H groups in total. The Hall–Kier alpha value is -3.14. The number of nitro benzene ring substituents is 1. The van der Waals surface area contributed by atoms with E-state index in [9.17, 15) is 24.8 Å². The quantitative estimate of drug-likeness (QED) is 0.565. The first-order valence-electron chi connectivity index (χ1n) is 10.7. The van der Waals surface area contributed by atoms with Gasteiger partial charge in [0.2, 0.25) is 5.91 Å². The highest BCUT2D eigenvalue weighted by Gasteiger charge is 2.49. The van der Waals surface area contributed by atoms with Crippen molar-refractivity contribution in [2.24, 2.45) is 0 Å². The molecule has 9 nitrogen and oxygen atoms in total. The van der Waals surface area contributed by atoms with E-state index in [1.807, 2.05) is 24.3 Å². The maximum atomic E-state index is 13.2. The standard InChI is InChI=1S/C23H23N3O6/c27-13-21-19(28)12-20(32-21)14-3-5-15(6-4-14)22-24-11-1-2-18(24)23(29)25(22)16-7-9-17(10-8-16)26(30)31/h3-10,18,20-22,27H,1-2,11-13H2/t18-,20+,21+,22+/m0/s1. The molecule has 3 saturated heterocycles. The molecular formula is C23H23N3O6. The first kappa shape index (κ1) is 20.7. The lowest BCUT2D eigenvalue weighted by Crippen LogP contribution is -2.32. The van der Waals surface area contributed by atoms with Gasteiger partial charge in [-0.3, -0.25) is 29.5 Å². The normalized spacial score (nSPS) is 27.8. The number of nitrogens with zero attached hydrogens (tertiary/aromatic N) is 3. The van der Waals surface area contributed by atoms with Crippen molar-refractivity contribution in [1.29, 1.82) is 0 Å². The maximum absolute atomic E-state index is 13.2. The van der Waals surface area contributed by atoms with Crippen molar-refractivity contribution in [1.82, 2.24) is 4.90 Å². The van der Waals surface area contributed by atoms with Gasteiger partial charge in [-0.2, -0.15) is 0 Å². The number of carbonyl (C=O) groups is 2. The average Bonchev–Trinajstić information content (AvgIpc) is 3.49. The molecule has 3 aliphatic rings. The zero-order valence-electron chi connectivity index (χ0n) is 17.3. The summed E-state index contributed by atoms with van der Waals surface area (Å²) in [5.41, 5.74) is 2.38. The lowest BCUT2D eigenvalue weighted by molar-refractivity contribution is -0.384. The third-order valence-corrected chi connectivity index (χ3v) is 6.56. The Bertz CT molecular complexity index is 1050. The summed E-state index contributed by atoms with van der Waals surface area (Å²) in [6, 6.07) is 13.5. The Balaban J connectivity index is 1.45. The van der Waals surface area contributed by atoms with Crippen LogP contribution in [0.1, 0.15) is 42.7 Å². The summed E-state index contributed by atoms with van der Waals surface area (Å²) in [6.45, 7) is 0.475. The van der Waals surface area contributed by atoms with Crippen LogP contribution in [-0.4, -0.2) is 51.9 Å². The van der Waals surface area contributed by atoms with Crippen LogP contribution in [0, 0.1) is 10.1 Å². The predicted molar refractivity (Wildman–Crippen MR) is 114 cm³/mol. The number of aliphatic hydroxyl groups excluding tert-OH is 1. The van der Waals surface area contributed by atoms with Crippen LogP contribution >= 0.6 is 0 Å². The van der Waals surface area contributed by atoms with Crippen molar-refractivity contribution in [2.75, 3.05) is 18.1 Å². The van der Waals surface area contributed by atoms with Crippen LogP contribution in [-0.2, 0) is 14.3 Å². The van der Waals surface area contributed by atoms with Crippen LogP contribution in [0.2, 0.25) is 0 Å². The maximum Gasteiger partial charge on any atom is 0.269 e. The van der Waals surface area contributed by atoms with Gasteiger partial charge in [-0.05, 0) is 36.1 Å². The second-order valence-corrected chi connectivity index (χ2v) is 8.38. The average molecular weight is 437 g/mol. The van der Waals surface area contributed by atoms with E-state index in [0.717, 1.165) is 30.5 Å². The monoisotopic (exact) mass is 437 g/mol. The molecule has 32 heavy (non-hydrogen) atoms. The summed E-state index contributed by atoms with van der Waals surface area (Å²) in [4.78, 5) is 39.6. The van der Waals surface area contributed by atoms with Gasteiger partial charge in [0.1, 0.15) is 12.3 Å². The molecule has 3 heterocycles. The minimum Gasteiger partial charge on any atom is -0.393 e. The summed E-state index contributed by atoms with van der Waals surface area (Å²) >= 11 is 0. The van der Waals surface area contributed by atoms with Crippen molar-refractivity contribution < 1.29 is 24.4 Å². The van der Waals surface area contributed by atoms with Crippen molar-refractivity contribution in [2.45, 2.75) is 43.7 Å². The molecule has 0 bridgehead atoms. The van der Waals surface area contributed by atoms with Crippen LogP contribution in [0.5, 0.6) is 0 Å². The number of nitro groups is 1. The molecule has 3 aliphatic heterocycles. The zero-order chi connectivity index (χ0) is 22.4. The number of benzene rings is 2. The molecule has 166 valence electrons. The number of carbonyl (C=O) groups excluding carboxylic acids is 2. The lowest BCUT2D eigenvalue weighted by atomic mass is 10.0. The molecular weight excluding hydrogens is 414 g/mol. The van der Waals surface area contributed by atoms with Crippen molar-refractivity contribution in [3.8, 4) is 0 Å². The number of aliphatic hydroxyl groups is 1. The van der Waals surface area contributed by atoms with Crippen LogP contribution in [0.3, 0.4) is 0 Å². The van der Waals surface area contributed by atoms with Gasteiger partial charge in [-0.1, -0.05) is 24.3 Å². The highest BCUT2D eigenvalue weighted by molar-refractivity contribution is 6.00. The van der Waals surface area contributed by atoms with Gasteiger partial charge in [0, 0.05) is 30.8 Å². The fraction of sp³-hybridized carbons (Fsp3) is 0.391. The van der Waals surface area contributed by atoms with Gasteiger partial charge in [-0.25, -0.2) is 0 Å². The number of hydrogen-bond donors (Lipinski definition) is 1. The largest absolute Gasteiger partial charge is 0.393 e. The van der Waals surface area contributed by atoms with E-state index in [1.54, 1.807) is 17.0 Å². The van der Waals surface area contributed by atoms with Gasteiger partial charge >= 0.3 is 0 Å². The van der Waals surface area contributed by atoms with E-state index in [0.29, 0.717) is 5.69 Å². The smallest absolute Gasteiger partial charge is 0.269 e. The molecule has 0 spiro atoms. The van der Waals surface area contributed by atoms with Crippen LogP contribution in [0.25, 0.3) is 0 Å². The van der Waals surface area contributed by atoms with Crippen molar-refractivity contribution in [3.63, 3.8) is 0 Å². The van der Waals surface area contributed by atoms with Gasteiger partial charge in [-0.15, -0.1) is 0 Å². The van der Waals surface area contributed by atoms with Crippen LogP contribution in [0.15, 0.2) is 48.5 Å². The second kappa shape index (κ2) is 8.09. The number of amides is 1. The Labute approximate surface area is 184 Å². The number of ether oxygens (including phenoxy) is 1. The van der Waals surface area contributed by atoms with Gasteiger partial charge < -0.3 is 9.84 Å². The minimum atomic E-state index is -0.768. The van der Waals surface area contributed by atoms with E-state index >= 15 is 0 Å². The first-order valence-corrected chi connectivity index (χ1v) is 10.7. The van der Waals surface area contributed by atoms with E-state index in [-0.39, 0.29) is 48.7 Å². The van der Waals surface area contributed by atoms with E-state index < -0.39 is 11.0 Å². The summed E-state index contributed by atoms with van der Waals surface area (Å²) in [5.74, 6) is -0.104. The van der Waals surface area contributed by atoms with Crippen molar-refractivity contribution in [3.05, 3.63) is 69.8 Å². The predicted octanol–water partition coefficient (Wildman–Crippen LogP) is 2.50. The fourth-order valence-corrected chi connectivity index (χ4v) is 4.98. The van der Waals surface area contributed by atoms with Gasteiger partial charge in [0.25, 0.3) is 5.69 Å². The number of Topliss-reactive ketones (excluding diaryl/α,β-unsaturated/α-hetero) is 1. The Morgan fingerprint density at radius 3 is 2.38 bits per heavy atom. The molecule has 5 rings (SSSR count). The summed E-state index contributed by atoms with van der Waals surface area (Å²) in [5, 5.41) is 20.3. The highest BCUT2D eigenvalue weighted by atomic mass is 16.6. The molecule has 2 aromatic carbocycles. The SMILES string of the molecule is O=C1C[C@H](c2ccc([C@H]3N(c4ccc([N+](=O)[O-])cc4)C(=O)[C@@H]4CCCN43)cc2)O[C@@H]1CO. The first-order chi connectivity index (χ1) is 15.5. The van der Waals surface area contributed by atoms with E-state index in [4.69, 9.17) is 4.74 Å². The molecule has 0 aromatic heterocycles. The Morgan fingerprint density at radius 1 is 1.06 bits per heavy atom.